The fourth-order valence-corrected chi connectivity index (χ4v) is 3.59. The van der Waals surface area contributed by atoms with E-state index in [9.17, 15) is 9.90 Å². The van der Waals surface area contributed by atoms with Crippen LogP contribution in [0.4, 0.5) is 0 Å². The summed E-state index contributed by atoms with van der Waals surface area (Å²) in [5, 5.41) is 17.4. The van der Waals surface area contributed by atoms with E-state index in [-0.39, 0.29) is 11.8 Å². The number of hydrogen-bond acceptors (Lipinski definition) is 5. The first kappa shape index (κ1) is 15.4. The van der Waals surface area contributed by atoms with Crippen LogP contribution in [-0.2, 0) is 0 Å². The largest absolute Gasteiger partial charge is 0.388 e. The van der Waals surface area contributed by atoms with Crippen LogP contribution >= 0.6 is 11.5 Å². The second-order valence-electron chi connectivity index (χ2n) is 6.25. The summed E-state index contributed by atoms with van der Waals surface area (Å²) in [4.78, 5) is 12.8. The SMILES string of the molecule is CC1CCCC(O)(CNC(=O)c2snnc2C(C)C)C1. The van der Waals surface area contributed by atoms with Crippen molar-refractivity contribution in [2.75, 3.05) is 6.54 Å². The molecule has 2 unspecified atom stereocenters. The van der Waals surface area contributed by atoms with Crippen molar-refractivity contribution in [3.05, 3.63) is 10.6 Å². The third-order valence-electron chi connectivity index (χ3n) is 3.91. The number of aliphatic hydroxyl groups is 1. The molecule has 1 heterocycles. The second-order valence-corrected chi connectivity index (χ2v) is 7.00. The van der Waals surface area contributed by atoms with Crippen molar-refractivity contribution in [2.45, 2.75) is 58.0 Å². The number of carbonyl (C=O) groups excluding carboxylic acids is 1. The van der Waals surface area contributed by atoms with E-state index in [0.717, 1.165) is 42.9 Å². The molecule has 2 rings (SSSR count). The molecule has 1 saturated carbocycles. The number of hydrogen-bond donors (Lipinski definition) is 2. The molecule has 0 aliphatic heterocycles. The van der Waals surface area contributed by atoms with Gasteiger partial charge < -0.3 is 10.4 Å². The Morgan fingerprint density at radius 1 is 1.60 bits per heavy atom. The number of nitrogens with one attached hydrogen (secondary N) is 1. The lowest BCUT2D eigenvalue weighted by molar-refractivity contribution is -0.0109. The monoisotopic (exact) mass is 297 g/mol. The average Bonchev–Trinajstić information content (AvgIpc) is 2.85. The topological polar surface area (TPSA) is 75.1 Å². The molecule has 0 radical (unpaired) electrons. The molecule has 6 heteroatoms. The van der Waals surface area contributed by atoms with Gasteiger partial charge in [-0.05, 0) is 36.2 Å². The van der Waals surface area contributed by atoms with Gasteiger partial charge in [0.25, 0.3) is 5.91 Å². The second kappa shape index (κ2) is 6.18. The molecule has 0 saturated heterocycles. The van der Waals surface area contributed by atoms with Crippen LogP contribution in [0.2, 0.25) is 0 Å². The van der Waals surface area contributed by atoms with Crippen molar-refractivity contribution in [1.29, 1.82) is 0 Å². The Hall–Kier alpha value is -1.01. The maximum Gasteiger partial charge on any atom is 0.265 e. The van der Waals surface area contributed by atoms with Gasteiger partial charge in [0.1, 0.15) is 4.88 Å². The van der Waals surface area contributed by atoms with Gasteiger partial charge in [0.2, 0.25) is 0 Å². The molecule has 112 valence electrons. The van der Waals surface area contributed by atoms with E-state index in [4.69, 9.17) is 0 Å². The molecule has 2 N–H and O–H groups in total. The molecule has 1 aromatic heterocycles. The summed E-state index contributed by atoms with van der Waals surface area (Å²) in [6, 6.07) is 0. The van der Waals surface area contributed by atoms with Crippen LogP contribution in [0.15, 0.2) is 0 Å². The molecule has 0 spiro atoms. The van der Waals surface area contributed by atoms with Gasteiger partial charge in [-0.3, -0.25) is 4.79 Å². The Labute approximate surface area is 123 Å². The number of rotatable bonds is 4. The summed E-state index contributed by atoms with van der Waals surface area (Å²) in [6.45, 7) is 6.44. The summed E-state index contributed by atoms with van der Waals surface area (Å²) in [5.41, 5.74) is -0.0276. The zero-order valence-corrected chi connectivity index (χ0v) is 13.2. The quantitative estimate of drug-likeness (QED) is 0.894. The lowest BCUT2D eigenvalue weighted by Gasteiger charge is -2.35. The Morgan fingerprint density at radius 3 is 3.00 bits per heavy atom. The van der Waals surface area contributed by atoms with E-state index in [1.54, 1.807) is 0 Å². The number of nitrogens with zero attached hydrogens (tertiary/aromatic N) is 2. The summed E-state index contributed by atoms with van der Waals surface area (Å²) in [7, 11) is 0. The van der Waals surface area contributed by atoms with Gasteiger partial charge in [0, 0.05) is 6.54 Å². The molecular formula is C14H23N3O2S. The van der Waals surface area contributed by atoms with Gasteiger partial charge in [0.15, 0.2) is 0 Å². The molecule has 20 heavy (non-hydrogen) atoms. The highest BCUT2D eigenvalue weighted by Crippen LogP contribution is 2.31. The minimum absolute atomic E-state index is 0.171. The number of carbonyl (C=O) groups is 1. The molecule has 1 aliphatic rings. The first-order chi connectivity index (χ1) is 9.41. The molecule has 0 aromatic carbocycles. The highest BCUT2D eigenvalue weighted by atomic mass is 32.1. The lowest BCUT2D eigenvalue weighted by atomic mass is 9.79. The van der Waals surface area contributed by atoms with Crippen molar-refractivity contribution in [3.63, 3.8) is 0 Å². The Kier molecular flexibility index (Phi) is 4.75. The van der Waals surface area contributed by atoms with Crippen LogP contribution in [0.5, 0.6) is 0 Å². The zero-order valence-electron chi connectivity index (χ0n) is 12.3. The summed E-state index contributed by atoms with van der Waals surface area (Å²) < 4.78 is 3.86. The van der Waals surface area contributed by atoms with Gasteiger partial charge in [-0.1, -0.05) is 38.1 Å². The molecule has 1 aromatic rings. The van der Waals surface area contributed by atoms with E-state index < -0.39 is 5.60 Å². The van der Waals surface area contributed by atoms with Crippen molar-refractivity contribution in [3.8, 4) is 0 Å². The van der Waals surface area contributed by atoms with Crippen LogP contribution < -0.4 is 5.32 Å². The number of aromatic nitrogens is 2. The molecule has 2 atom stereocenters. The molecule has 5 nitrogen and oxygen atoms in total. The Balaban J connectivity index is 1.96. The van der Waals surface area contributed by atoms with E-state index in [1.165, 1.54) is 0 Å². The summed E-state index contributed by atoms with van der Waals surface area (Å²) in [6.07, 6.45) is 3.69. The van der Waals surface area contributed by atoms with Gasteiger partial charge in [-0.25, -0.2) is 0 Å². The maximum atomic E-state index is 12.2. The van der Waals surface area contributed by atoms with Crippen molar-refractivity contribution >= 4 is 17.4 Å². The lowest BCUT2D eigenvalue weighted by Crippen LogP contribution is -2.45. The fourth-order valence-electron chi connectivity index (χ4n) is 2.85. The normalized spacial score (nSPS) is 26.8. The molecule has 1 fully saturated rings. The van der Waals surface area contributed by atoms with Gasteiger partial charge in [-0.2, -0.15) is 0 Å². The molecular weight excluding hydrogens is 274 g/mol. The van der Waals surface area contributed by atoms with Gasteiger partial charge in [-0.15, -0.1) is 5.10 Å². The van der Waals surface area contributed by atoms with E-state index in [2.05, 4.69) is 21.8 Å². The Bertz CT molecular complexity index is 475. The predicted octanol–water partition coefficient (Wildman–Crippen LogP) is 2.33. The van der Waals surface area contributed by atoms with Crippen LogP contribution in [0.1, 0.15) is 67.7 Å². The molecule has 0 bridgehead atoms. The standard InChI is InChI=1S/C14H23N3O2S/c1-9(2)11-12(20-17-16-11)13(18)15-8-14(19)6-4-5-10(3)7-14/h9-10,19H,4-8H2,1-3H3,(H,15,18). The van der Waals surface area contributed by atoms with E-state index >= 15 is 0 Å². The van der Waals surface area contributed by atoms with Crippen LogP contribution in [0.25, 0.3) is 0 Å². The third kappa shape index (κ3) is 3.55. The molecule has 1 amide bonds. The third-order valence-corrected chi connectivity index (χ3v) is 4.65. The first-order valence-electron chi connectivity index (χ1n) is 7.24. The fraction of sp³-hybridized carbons (Fsp3) is 0.786. The summed E-state index contributed by atoms with van der Waals surface area (Å²) >= 11 is 1.12. The van der Waals surface area contributed by atoms with Crippen LogP contribution in [-0.4, -0.2) is 32.7 Å². The van der Waals surface area contributed by atoms with Gasteiger partial charge in [0.05, 0.1) is 11.3 Å². The highest BCUT2D eigenvalue weighted by molar-refractivity contribution is 7.08. The Morgan fingerprint density at radius 2 is 2.35 bits per heavy atom. The van der Waals surface area contributed by atoms with Crippen molar-refractivity contribution in [2.24, 2.45) is 5.92 Å². The van der Waals surface area contributed by atoms with Gasteiger partial charge >= 0.3 is 0 Å². The zero-order chi connectivity index (χ0) is 14.8. The van der Waals surface area contributed by atoms with Crippen molar-refractivity contribution < 1.29 is 9.90 Å². The highest BCUT2D eigenvalue weighted by Gasteiger charge is 2.33. The van der Waals surface area contributed by atoms with Crippen LogP contribution in [0.3, 0.4) is 0 Å². The predicted molar refractivity (Wildman–Crippen MR) is 78.9 cm³/mol. The molecule has 1 aliphatic carbocycles. The average molecular weight is 297 g/mol. The smallest absolute Gasteiger partial charge is 0.265 e. The number of amides is 1. The first-order valence-corrected chi connectivity index (χ1v) is 8.01. The minimum Gasteiger partial charge on any atom is -0.388 e. The van der Waals surface area contributed by atoms with E-state index in [1.807, 2.05) is 13.8 Å². The minimum atomic E-state index is -0.760. The van der Waals surface area contributed by atoms with E-state index in [0.29, 0.717) is 17.3 Å². The maximum absolute atomic E-state index is 12.2. The van der Waals surface area contributed by atoms with Crippen LogP contribution in [0, 0.1) is 5.92 Å². The van der Waals surface area contributed by atoms with Crippen molar-refractivity contribution in [1.82, 2.24) is 14.9 Å². The summed E-state index contributed by atoms with van der Waals surface area (Å²) in [5.74, 6) is 0.518.